The molecule has 21 heavy (non-hydrogen) atoms. The van der Waals surface area contributed by atoms with Gasteiger partial charge in [-0.1, -0.05) is 12.1 Å². The monoisotopic (exact) mass is 279 g/mol. The Balaban J connectivity index is 1.78. The predicted molar refractivity (Wildman–Crippen MR) is 79.4 cm³/mol. The van der Waals surface area contributed by atoms with E-state index in [4.69, 9.17) is 5.73 Å². The van der Waals surface area contributed by atoms with Gasteiger partial charge in [-0.15, -0.1) is 0 Å². The summed E-state index contributed by atoms with van der Waals surface area (Å²) in [6, 6.07) is 10.8. The molecule has 104 valence electrons. The van der Waals surface area contributed by atoms with Crippen LogP contribution in [0.4, 0.5) is 5.95 Å². The summed E-state index contributed by atoms with van der Waals surface area (Å²) >= 11 is 0. The Morgan fingerprint density at radius 2 is 2.10 bits per heavy atom. The van der Waals surface area contributed by atoms with Crippen molar-refractivity contribution in [2.45, 2.75) is 6.54 Å². The van der Waals surface area contributed by atoms with Gasteiger partial charge in [-0.05, 0) is 24.3 Å². The van der Waals surface area contributed by atoms with Crippen LogP contribution in [0, 0.1) is 0 Å². The van der Waals surface area contributed by atoms with Crippen LogP contribution in [0.2, 0.25) is 0 Å². The van der Waals surface area contributed by atoms with E-state index in [1.54, 1.807) is 30.6 Å². The lowest BCUT2D eigenvalue weighted by Crippen LogP contribution is -2.23. The van der Waals surface area contributed by atoms with Crippen molar-refractivity contribution in [1.29, 1.82) is 0 Å². The first-order chi connectivity index (χ1) is 10.2. The highest BCUT2D eigenvalue weighted by Gasteiger charge is 2.07. The lowest BCUT2D eigenvalue weighted by atomic mass is 10.1. The van der Waals surface area contributed by atoms with E-state index in [2.05, 4.69) is 20.3 Å². The van der Waals surface area contributed by atoms with Crippen LogP contribution in [0.15, 0.2) is 48.8 Å². The van der Waals surface area contributed by atoms with E-state index < -0.39 is 0 Å². The van der Waals surface area contributed by atoms with E-state index >= 15 is 0 Å². The van der Waals surface area contributed by atoms with Gasteiger partial charge in [0.05, 0.1) is 17.8 Å². The second-order valence-corrected chi connectivity index (χ2v) is 4.51. The van der Waals surface area contributed by atoms with Crippen LogP contribution in [0.25, 0.3) is 10.9 Å². The minimum absolute atomic E-state index is 0.181. The summed E-state index contributed by atoms with van der Waals surface area (Å²) in [4.78, 5) is 24.3. The van der Waals surface area contributed by atoms with Crippen LogP contribution < -0.4 is 11.1 Å². The van der Waals surface area contributed by atoms with Gasteiger partial charge in [0.15, 0.2) is 0 Å². The number of hydrogen-bond acceptors (Lipinski definition) is 5. The van der Waals surface area contributed by atoms with Crippen molar-refractivity contribution in [3.63, 3.8) is 0 Å². The van der Waals surface area contributed by atoms with Gasteiger partial charge >= 0.3 is 0 Å². The number of anilines is 1. The number of carbonyl (C=O) groups excluding carboxylic acids is 1. The quantitative estimate of drug-likeness (QED) is 0.758. The van der Waals surface area contributed by atoms with Crippen molar-refractivity contribution < 1.29 is 4.79 Å². The maximum absolute atomic E-state index is 12.1. The molecule has 6 nitrogen and oxygen atoms in total. The summed E-state index contributed by atoms with van der Waals surface area (Å²) in [6.07, 6.45) is 3.32. The van der Waals surface area contributed by atoms with Gasteiger partial charge in [-0.2, -0.15) is 0 Å². The van der Waals surface area contributed by atoms with Crippen molar-refractivity contribution in [2.75, 3.05) is 5.73 Å². The van der Waals surface area contributed by atoms with Gasteiger partial charge in [0.25, 0.3) is 5.91 Å². The molecule has 0 bridgehead atoms. The Kier molecular flexibility index (Phi) is 3.42. The average Bonchev–Trinajstić information content (AvgIpc) is 2.53. The standard InChI is InChI=1S/C15H13N5O/c16-15-19-8-11-5-4-10(7-13(11)20-15)14(21)18-9-12-3-1-2-6-17-12/h1-8H,9H2,(H,18,21)(H2,16,19,20). The van der Waals surface area contributed by atoms with Gasteiger partial charge in [-0.25, -0.2) is 9.97 Å². The summed E-state index contributed by atoms with van der Waals surface area (Å²) in [6.45, 7) is 0.379. The molecule has 0 aliphatic carbocycles. The van der Waals surface area contributed by atoms with Crippen LogP contribution in [0.5, 0.6) is 0 Å². The van der Waals surface area contributed by atoms with Crippen LogP contribution >= 0.6 is 0 Å². The number of hydrogen-bond donors (Lipinski definition) is 2. The minimum Gasteiger partial charge on any atom is -0.368 e. The smallest absolute Gasteiger partial charge is 0.251 e. The minimum atomic E-state index is -0.181. The molecule has 0 unspecified atom stereocenters. The number of pyridine rings is 1. The number of benzene rings is 1. The molecule has 0 saturated heterocycles. The van der Waals surface area contributed by atoms with Gasteiger partial charge in [0.2, 0.25) is 5.95 Å². The zero-order chi connectivity index (χ0) is 14.7. The Hall–Kier alpha value is -3.02. The number of rotatable bonds is 3. The molecular weight excluding hydrogens is 266 g/mol. The Bertz CT molecular complexity index is 788. The zero-order valence-corrected chi connectivity index (χ0v) is 11.2. The van der Waals surface area contributed by atoms with Crippen LogP contribution in [-0.2, 0) is 6.54 Å². The molecule has 0 aliphatic rings. The molecule has 3 aromatic rings. The second-order valence-electron chi connectivity index (χ2n) is 4.51. The van der Waals surface area contributed by atoms with E-state index in [1.165, 1.54) is 0 Å². The van der Waals surface area contributed by atoms with Crippen molar-refractivity contribution in [1.82, 2.24) is 20.3 Å². The molecule has 0 fully saturated rings. The first-order valence-electron chi connectivity index (χ1n) is 6.43. The molecule has 1 amide bonds. The molecule has 0 spiro atoms. The van der Waals surface area contributed by atoms with E-state index in [9.17, 15) is 4.79 Å². The fourth-order valence-corrected chi connectivity index (χ4v) is 1.95. The van der Waals surface area contributed by atoms with Crippen molar-refractivity contribution in [3.05, 3.63) is 60.0 Å². The molecule has 0 atom stereocenters. The van der Waals surface area contributed by atoms with Crippen molar-refractivity contribution >= 4 is 22.8 Å². The van der Waals surface area contributed by atoms with E-state index in [0.29, 0.717) is 17.6 Å². The Morgan fingerprint density at radius 3 is 2.90 bits per heavy atom. The fourth-order valence-electron chi connectivity index (χ4n) is 1.95. The largest absolute Gasteiger partial charge is 0.368 e. The number of nitrogens with zero attached hydrogens (tertiary/aromatic N) is 3. The predicted octanol–water partition coefficient (Wildman–Crippen LogP) is 1.54. The topological polar surface area (TPSA) is 93.8 Å². The molecule has 0 aliphatic heterocycles. The van der Waals surface area contributed by atoms with Crippen molar-refractivity contribution in [3.8, 4) is 0 Å². The summed E-state index contributed by atoms with van der Waals surface area (Å²) in [5, 5.41) is 3.66. The summed E-state index contributed by atoms with van der Waals surface area (Å²) < 4.78 is 0. The van der Waals surface area contributed by atoms with Crippen LogP contribution in [0.1, 0.15) is 16.1 Å². The summed E-state index contributed by atoms with van der Waals surface area (Å²) in [5.41, 5.74) is 7.53. The summed E-state index contributed by atoms with van der Waals surface area (Å²) in [5.74, 6) is 0.00767. The summed E-state index contributed by atoms with van der Waals surface area (Å²) in [7, 11) is 0. The van der Waals surface area contributed by atoms with E-state index in [1.807, 2.05) is 18.2 Å². The number of amides is 1. The maximum Gasteiger partial charge on any atom is 0.251 e. The molecule has 3 rings (SSSR count). The van der Waals surface area contributed by atoms with Crippen LogP contribution in [0.3, 0.4) is 0 Å². The number of nitrogen functional groups attached to an aromatic ring is 1. The van der Waals surface area contributed by atoms with Gasteiger partial charge < -0.3 is 11.1 Å². The zero-order valence-electron chi connectivity index (χ0n) is 11.2. The molecule has 0 radical (unpaired) electrons. The third kappa shape index (κ3) is 2.94. The molecule has 0 saturated carbocycles. The molecule has 2 aromatic heterocycles. The lowest BCUT2D eigenvalue weighted by molar-refractivity contribution is 0.0950. The average molecular weight is 279 g/mol. The molecule has 2 heterocycles. The molecular formula is C15H13N5O. The number of carbonyl (C=O) groups is 1. The van der Waals surface area contributed by atoms with Gasteiger partial charge in [0, 0.05) is 23.3 Å². The van der Waals surface area contributed by atoms with Crippen LogP contribution in [-0.4, -0.2) is 20.9 Å². The van der Waals surface area contributed by atoms with Gasteiger partial charge in [-0.3, -0.25) is 9.78 Å². The van der Waals surface area contributed by atoms with Gasteiger partial charge in [0.1, 0.15) is 0 Å². The third-order valence-electron chi connectivity index (χ3n) is 3.02. The molecule has 3 N–H and O–H groups in total. The Labute approximate surface area is 121 Å². The first kappa shape index (κ1) is 13.0. The Morgan fingerprint density at radius 1 is 1.19 bits per heavy atom. The highest BCUT2D eigenvalue weighted by atomic mass is 16.1. The highest BCUT2D eigenvalue weighted by Crippen LogP contribution is 2.14. The molecule has 1 aromatic carbocycles. The molecule has 6 heteroatoms. The highest BCUT2D eigenvalue weighted by molar-refractivity contribution is 5.97. The first-order valence-corrected chi connectivity index (χ1v) is 6.43. The second kappa shape index (κ2) is 5.54. The number of nitrogens with one attached hydrogen (secondary N) is 1. The maximum atomic E-state index is 12.1. The normalized spacial score (nSPS) is 10.5. The lowest BCUT2D eigenvalue weighted by Gasteiger charge is -2.06. The number of nitrogens with two attached hydrogens (primary N) is 1. The van der Waals surface area contributed by atoms with Crippen molar-refractivity contribution in [2.24, 2.45) is 0 Å². The third-order valence-corrected chi connectivity index (χ3v) is 3.02. The number of aromatic nitrogens is 3. The fraction of sp³-hybridized carbons (Fsp3) is 0.0667. The number of fused-ring (bicyclic) bond motifs is 1. The SMILES string of the molecule is Nc1ncc2ccc(C(=O)NCc3ccccn3)cc2n1. The van der Waals surface area contributed by atoms with E-state index in [-0.39, 0.29) is 11.9 Å². The van der Waals surface area contributed by atoms with E-state index in [0.717, 1.165) is 11.1 Å².